The van der Waals surface area contributed by atoms with Crippen LogP contribution in [0.3, 0.4) is 0 Å². The Morgan fingerprint density at radius 3 is 2.55 bits per heavy atom. The van der Waals surface area contributed by atoms with Gasteiger partial charge in [-0.25, -0.2) is 0 Å². The molecule has 2 atom stereocenters. The van der Waals surface area contributed by atoms with Gasteiger partial charge in [-0.05, 0) is 31.5 Å². The number of fused-ring (bicyclic) bond motifs is 1. The number of ether oxygens (including phenoxy) is 2. The predicted octanol–water partition coefficient (Wildman–Crippen LogP) is 3.47. The zero-order valence-corrected chi connectivity index (χ0v) is 16.5. The van der Waals surface area contributed by atoms with Gasteiger partial charge in [0.05, 0.1) is 23.2 Å². The summed E-state index contributed by atoms with van der Waals surface area (Å²) in [6, 6.07) is 14.4. The highest BCUT2D eigenvalue weighted by Gasteiger charge is 2.26. The van der Waals surface area contributed by atoms with E-state index < -0.39 is 0 Å². The van der Waals surface area contributed by atoms with Gasteiger partial charge in [0.1, 0.15) is 17.6 Å². The lowest BCUT2D eigenvalue weighted by molar-refractivity contribution is -0.145. The molecule has 29 heavy (non-hydrogen) atoms. The zero-order chi connectivity index (χ0) is 20.4. The van der Waals surface area contributed by atoms with E-state index in [-0.39, 0.29) is 30.2 Å². The van der Waals surface area contributed by atoms with E-state index in [1.165, 1.54) is 6.26 Å². The second kappa shape index (κ2) is 8.09. The van der Waals surface area contributed by atoms with Crippen LogP contribution in [-0.4, -0.2) is 42.7 Å². The first kappa shape index (κ1) is 19.2. The summed E-state index contributed by atoms with van der Waals surface area (Å²) in [6.07, 6.45) is 1.48. The highest BCUT2D eigenvalue weighted by Crippen LogP contribution is 2.23. The van der Waals surface area contributed by atoms with E-state index in [2.05, 4.69) is 0 Å². The second-order valence-electron chi connectivity index (χ2n) is 7.35. The summed E-state index contributed by atoms with van der Waals surface area (Å²) in [5.41, 5.74) is 1.64. The minimum atomic E-state index is -0.101. The van der Waals surface area contributed by atoms with Crippen LogP contribution < -0.4 is 10.2 Å². The van der Waals surface area contributed by atoms with Crippen molar-refractivity contribution in [1.29, 1.82) is 0 Å². The minimum Gasteiger partial charge on any atom is -0.484 e. The summed E-state index contributed by atoms with van der Waals surface area (Å²) < 4.78 is 17.0. The highest BCUT2D eigenvalue weighted by atomic mass is 16.5. The Morgan fingerprint density at radius 1 is 1.10 bits per heavy atom. The quantitative estimate of drug-likeness (QED) is 0.679. The van der Waals surface area contributed by atoms with Crippen LogP contribution in [0.2, 0.25) is 0 Å². The Morgan fingerprint density at radius 2 is 1.83 bits per heavy atom. The Balaban J connectivity index is 1.49. The summed E-state index contributed by atoms with van der Waals surface area (Å²) in [6.45, 7) is 4.94. The monoisotopic (exact) mass is 393 g/mol. The summed E-state index contributed by atoms with van der Waals surface area (Å²) >= 11 is 0. The first-order valence-electron chi connectivity index (χ1n) is 9.68. The lowest BCUT2D eigenvalue weighted by Gasteiger charge is -2.35. The topological polar surface area (TPSA) is 69.0 Å². The van der Waals surface area contributed by atoms with Crippen LogP contribution in [0.1, 0.15) is 13.8 Å². The third-order valence-electron chi connectivity index (χ3n) is 4.97. The normalized spacial score (nSPS) is 19.3. The summed E-state index contributed by atoms with van der Waals surface area (Å²) in [5, 5.41) is 0.473. The van der Waals surface area contributed by atoms with Crippen LogP contribution in [0.25, 0.3) is 22.1 Å². The van der Waals surface area contributed by atoms with E-state index in [1.807, 2.05) is 44.2 Å². The van der Waals surface area contributed by atoms with Crippen molar-refractivity contribution < 1.29 is 18.7 Å². The molecule has 0 spiro atoms. The Kier molecular flexibility index (Phi) is 5.36. The first-order chi connectivity index (χ1) is 14.0. The maximum atomic E-state index is 12.8. The van der Waals surface area contributed by atoms with Crippen LogP contribution in [0.4, 0.5) is 0 Å². The van der Waals surface area contributed by atoms with Gasteiger partial charge in [0.15, 0.2) is 12.0 Å². The van der Waals surface area contributed by atoms with Gasteiger partial charge in [-0.3, -0.25) is 9.59 Å². The second-order valence-corrected chi connectivity index (χ2v) is 7.35. The molecule has 6 nitrogen and oxygen atoms in total. The molecule has 4 rings (SSSR count). The molecule has 0 unspecified atom stereocenters. The molecule has 1 aromatic heterocycles. The lowest BCUT2D eigenvalue weighted by Crippen LogP contribution is -2.49. The van der Waals surface area contributed by atoms with Gasteiger partial charge in [-0.1, -0.05) is 30.3 Å². The fraction of sp³-hybridized carbons (Fsp3) is 0.304. The van der Waals surface area contributed by atoms with Crippen molar-refractivity contribution in [3.63, 3.8) is 0 Å². The number of hydrogen-bond acceptors (Lipinski definition) is 5. The van der Waals surface area contributed by atoms with Crippen molar-refractivity contribution in [1.82, 2.24) is 4.90 Å². The van der Waals surface area contributed by atoms with Gasteiger partial charge in [0, 0.05) is 19.2 Å². The average molecular weight is 393 g/mol. The molecule has 3 aromatic rings. The fourth-order valence-corrected chi connectivity index (χ4v) is 3.63. The van der Waals surface area contributed by atoms with E-state index >= 15 is 0 Å². The number of rotatable bonds is 4. The Labute approximate surface area is 168 Å². The number of amides is 1. The van der Waals surface area contributed by atoms with Gasteiger partial charge in [-0.15, -0.1) is 0 Å². The first-order valence-corrected chi connectivity index (χ1v) is 9.68. The minimum absolute atomic E-state index is 0.0106. The van der Waals surface area contributed by atoms with Gasteiger partial charge >= 0.3 is 0 Å². The van der Waals surface area contributed by atoms with Crippen molar-refractivity contribution in [3.05, 3.63) is 65.0 Å². The molecule has 1 aliphatic rings. The van der Waals surface area contributed by atoms with Gasteiger partial charge in [0.2, 0.25) is 0 Å². The molecule has 6 heteroatoms. The third-order valence-corrected chi connectivity index (χ3v) is 4.97. The van der Waals surface area contributed by atoms with E-state index in [0.29, 0.717) is 35.4 Å². The highest BCUT2D eigenvalue weighted by molar-refractivity contribution is 5.83. The number of carbonyl (C=O) groups excluding carboxylic acids is 1. The maximum absolute atomic E-state index is 12.8. The fourth-order valence-electron chi connectivity index (χ4n) is 3.63. The summed E-state index contributed by atoms with van der Waals surface area (Å²) in [5.74, 6) is 0.392. The Hall–Kier alpha value is -3.12. The molecule has 0 radical (unpaired) electrons. The molecule has 150 valence electrons. The van der Waals surface area contributed by atoms with Gasteiger partial charge < -0.3 is 18.8 Å². The van der Waals surface area contributed by atoms with Gasteiger partial charge in [0.25, 0.3) is 5.91 Å². The number of hydrogen-bond donors (Lipinski definition) is 0. The molecule has 0 aliphatic carbocycles. The van der Waals surface area contributed by atoms with E-state index in [1.54, 1.807) is 23.1 Å². The largest absolute Gasteiger partial charge is 0.484 e. The molecule has 2 aromatic carbocycles. The third kappa shape index (κ3) is 4.17. The van der Waals surface area contributed by atoms with Crippen LogP contribution in [0, 0.1) is 0 Å². The molecule has 0 N–H and O–H groups in total. The van der Waals surface area contributed by atoms with Crippen LogP contribution in [-0.2, 0) is 9.53 Å². The number of carbonyl (C=O) groups is 1. The molecular weight excluding hydrogens is 370 g/mol. The van der Waals surface area contributed by atoms with Crippen LogP contribution >= 0.6 is 0 Å². The number of morpholine rings is 1. The van der Waals surface area contributed by atoms with Gasteiger partial charge in [-0.2, -0.15) is 0 Å². The molecular formula is C23H23NO5. The van der Waals surface area contributed by atoms with E-state index in [9.17, 15) is 9.59 Å². The molecule has 1 saturated heterocycles. The van der Waals surface area contributed by atoms with Crippen molar-refractivity contribution >= 4 is 16.9 Å². The molecule has 1 fully saturated rings. The summed E-state index contributed by atoms with van der Waals surface area (Å²) in [4.78, 5) is 27.0. The zero-order valence-electron chi connectivity index (χ0n) is 16.5. The maximum Gasteiger partial charge on any atom is 0.260 e. The van der Waals surface area contributed by atoms with E-state index in [4.69, 9.17) is 13.9 Å². The van der Waals surface area contributed by atoms with Crippen molar-refractivity contribution in [2.24, 2.45) is 0 Å². The molecule has 0 bridgehead atoms. The Bertz CT molecular complexity index is 1070. The molecule has 0 saturated carbocycles. The summed E-state index contributed by atoms with van der Waals surface area (Å²) in [7, 11) is 0. The SMILES string of the molecule is C[C@@H]1CN(C(=O)COc2ccc3c(=O)c(-c4ccccc4)coc3c2)C[C@@H](C)O1. The van der Waals surface area contributed by atoms with Crippen LogP contribution in [0.5, 0.6) is 5.75 Å². The standard InChI is InChI=1S/C23H23NO5/c1-15-11-24(12-16(2)29-15)22(25)14-27-18-8-9-19-21(10-18)28-13-20(23(19)26)17-6-4-3-5-7-17/h3-10,13,15-16H,11-12,14H2,1-2H3/t15-,16-/m1/s1. The molecule has 1 aliphatic heterocycles. The average Bonchev–Trinajstić information content (AvgIpc) is 2.72. The number of nitrogens with zero attached hydrogens (tertiary/aromatic N) is 1. The van der Waals surface area contributed by atoms with E-state index in [0.717, 1.165) is 5.56 Å². The van der Waals surface area contributed by atoms with Crippen molar-refractivity contribution in [2.75, 3.05) is 19.7 Å². The lowest BCUT2D eigenvalue weighted by atomic mass is 10.1. The number of benzene rings is 2. The molecule has 2 heterocycles. The smallest absolute Gasteiger partial charge is 0.260 e. The van der Waals surface area contributed by atoms with Crippen LogP contribution in [0.15, 0.2) is 64.0 Å². The molecule has 1 amide bonds. The van der Waals surface area contributed by atoms with Crippen molar-refractivity contribution in [2.45, 2.75) is 26.1 Å². The van der Waals surface area contributed by atoms with Crippen molar-refractivity contribution in [3.8, 4) is 16.9 Å². The predicted molar refractivity (Wildman–Crippen MR) is 110 cm³/mol.